The molecular formula is C30H43N3O5. The molecule has 208 valence electrons. The molecule has 0 fully saturated rings. The summed E-state index contributed by atoms with van der Waals surface area (Å²) in [6.07, 6.45) is 19.2. The first kappa shape index (κ1) is 30.9. The van der Waals surface area contributed by atoms with Crippen molar-refractivity contribution in [2.75, 3.05) is 0 Å². The average Bonchev–Trinajstić information content (AvgIpc) is 2.91. The molecule has 0 saturated heterocycles. The Labute approximate surface area is 226 Å². The standard InChI is InChI=1S/C30H43N3O5/c1-2-3-4-5-6-7-8-9-10-11-12-13-14-15-16-20-29(35)38-28-19-17-18-27(34)30(28)32-31-25-21-23-26(24-22-25)33(36)37/h17-19,21-24,34H,2-16,20H2,1H3. The van der Waals surface area contributed by atoms with Gasteiger partial charge in [-0.15, -0.1) is 5.11 Å². The Balaban J connectivity index is 1.61. The lowest BCUT2D eigenvalue weighted by atomic mass is 10.0. The summed E-state index contributed by atoms with van der Waals surface area (Å²) in [6, 6.07) is 10.1. The zero-order valence-corrected chi connectivity index (χ0v) is 22.8. The van der Waals surface area contributed by atoms with Crippen LogP contribution in [-0.4, -0.2) is 16.0 Å². The number of unbranched alkanes of at least 4 members (excludes halogenated alkanes) is 14. The molecule has 1 N–H and O–H groups in total. The van der Waals surface area contributed by atoms with Crippen molar-refractivity contribution in [2.45, 2.75) is 110 Å². The zero-order valence-electron chi connectivity index (χ0n) is 22.8. The fraction of sp³-hybridized carbons (Fsp3) is 0.567. The number of phenolic OH excluding ortho intramolecular Hbond substituents is 1. The number of phenols is 1. The van der Waals surface area contributed by atoms with Crippen LogP contribution in [0.2, 0.25) is 0 Å². The number of ether oxygens (including phenoxy) is 1. The molecule has 0 unspecified atom stereocenters. The third-order valence-electron chi connectivity index (χ3n) is 6.51. The number of hydrogen-bond donors (Lipinski definition) is 1. The van der Waals surface area contributed by atoms with Gasteiger partial charge in [-0.25, -0.2) is 0 Å². The number of azo groups is 1. The van der Waals surface area contributed by atoms with Gasteiger partial charge in [0.25, 0.3) is 5.69 Å². The Morgan fingerprint density at radius 2 is 1.32 bits per heavy atom. The summed E-state index contributed by atoms with van der Waals surface area (Å²) in [5.74, 6) is -0.424. The van der Waals surface area contributed by atoms with Crippen molar-refractivity contribution in [2.24, 2.45) is 10.2 Å². The predicted octanol–water partition coefficient (Wildman–Crippen LogP) is 9.88. The van der Waals surface area contributed by atoms with Crippen LogP contribution in [0.25, 0.3) is 0 Å². The maximum absolute atomic E-state index is 12.3. The Morgan fingerprint density at radius 3 is 1.84 bits per heavy atom. The molecule has 0 aliphatic rings. The van der Waals surface area contributed by atoms with Crippen LogP contribution in [0.5, 0.6) is 11.5 Å². The SMILES string of the molecule is CCCCCCCCCCCCCCCCCC(=O)Oc1cccc(O)c1N=Nc1ccc([N+](=O)[O-])cc1. The van der Waals surface area contributed by atoms with E-state index in [0.29, 0.717) is 12.1 Å². The summed E-state index contributed by atoms with van der Waals surface area (Å²) in [7, 11) is 0. The van der Waals surface area contributed by atoms with Crippen LogP contribution < -0.4 is 4.74 Å². The van der Waals surface area contributed by atoms with Gasteiger partial charge in [0.05, 0.1) is 10.6 Å². The molecule has 0 aromatic heterocycles. The molecule has 8 nitrogen and oxygen atoms in total. The molecule has 2 aromatic rings. The van der Waals surface area contributed by atoms with Crippen LogP contribution in [0, 0.1) is 10.1 Å². The summed E-state index contributed by atoms with van der Waals surface area (Å²) < 4.78 is 5.44. The lowest BCUT2D eigenvalue weighted by molar-refractivity contribution is -0.384. The van der Waals surface area contributed by atoms with Gasteiger partial charge in [0.1, 0.15) is 5.75 Å². The molecule has 0 bridgehead atoms. The molecule has 2 rings (SSSR count). The Kier molecular flexibility index (Phi) is 15.4. The predicted molar refractivity (Wildman–Crippen MR) is 151 cm³/mol. The van der Waals surface area contributed by atoms with Crippen molar-refractivity contribution in [3.8, 4) is 11.5 Å². The maximum atomic E-state index is 12.3. The van der Waals surface area contributed by atoms with Gasteiger partial charge in [-0.3, -0.25) is 14.9 Å². The van der Waals surface area contributed by atoms with Crippen molar-refractivity contribution in [3.63, 3.8) is 0 Å². The van der Waals surface area contributed by atoms with E-state index in [0.717, 1.165) is 19.3 Å². The average molecular weight is 526 g/mol. The van der Waals surface area contributed by atoms with E-state index in [2.05, 4.69) is 17.2 Å². The maximum Gasteiger partial charge on any atom is 0.311 e. The Bertz CT molecular complexity index is 992. The molecule has 0 spiro atoms. The Hall–Kier alpha value is -3.29. The highest BCUT2D eigenvalue weighted by Gasteiger charge is 2.13. The number of benzene rings is 2. The molecule has 0 aliphatic heterocycles. The largest absolute Gasteiger partial charge is 0.505 e. The Morgan fingerprint density at radius 1 is 0.789 bits per heavy atom. The van der Waals surface area contributed by atoms with E-state index in [9.17, 15) is 20.0 Å². The molecule has 8 heteroatoms. The number of non-ortho nitro benzene ring substituents is 1. The number of hydrogen-bond acceptors (Lipinski definition) is 7. The van der Waals surface area contributed by atoms with Gasteiger partial charge < -0.3 is 9.84 Å². The van der Waals surface area contributed by atoms with Gasteiger partial charge >= 0.3 is 5.97 Å². The second-order valence-corrected chi connectivity index (χ2v) is 9.77. The van der Waals surface area contributed by atoms with E-state index in [4.69, 9.17) is 4.74 Å². The van der Waals surface area contributed by atoms with Crippen molar-refractivity contribution < 1.29 is 19.6 Å². The number of aromatic hydroxyl groups is 1. The molecule has 2 aromatic carbocycles. The van der Waals surface area contributed by atoms with Crippen LogP contribution >= 0.6 is 0 Å². The van der Waals surface area contributed by atoms with Gasteiger partial charge in [-0.1, -0.05) is 103 Å². The van der Waals surface area contributed by atoms with Gasteiger partial charge in [-0.2, -0.15) is 5.11 Å². The summed E-state index contributed by atoms with van der Waals surface area (Å²) >= 11 is 0. The van der Waals surface area contributed by atoms with Crippen LogP contribution in [0.4, 0.5) is 17.1 Å². The first-order chi connectivity index (χ1) is 18.5. The minimum atomic E-state index is -0.500. The van der Waals surface area contributed by atoms with Crippen molar-refractivity contribution >= 4 is 23.0 Å². The van der Waals surface area contributed by atoms with Gasteiger partial charge in [0.2, 0.25) is 0 Å². The number of nitrogens with zero attached hydrogens (tertiary/aromatic N) is 3. The molecule has 0 saturated carbocycles. The van der Waals surface area contributed by atoms with E-state index in [1.54, 1.807) is 12.1 Å². The van der Waals surface area contributed by atoms with E-state index < -0.39 is 4.92 Å². The molecule has 0 atom stereocenters. The smallest absolute Gasteiger partial charge is 0.311 e. The van der Waals surface area contributed by atoms with Gasteiger partial charge in [0.15, 0.2) is 11.4 Å². The third kappa shape index (κ3) is 12.8. The lowest BCUT2D eigenvalue weighted by Gasteiger charge is -2.08. The number of nitro benzene ring substituents is 1. The lowest BCUT2D eigenvalue weighted by Crippen LogP contribution is -2.07. The van der Waals surface area contributed by atoms with Crippen molar-refractivity contribution in [1.29, 1.82) is 0 Å². The zero-order chi connectivity index (χ0) is 27.4. The van der Waals surface area contributed by atoms with E-state index in [-0.39, 0.29) is 28.8 Å². The molecular weight excluding hydrogens is 482 g/mol. The van der Waals surface area contributed by atoms with Crippen LogP contribution in [0.1, 0.15) is 110 Å². The molecule has 0 aliphatic carbocycles. The van der Waals surface area contributed by atoms with E-state index >= 15 is 0 Å². The summed E-state index contributed by atoms with van der Waals surface area (Å²) in [6.45, 7) is 2.26. The fourth-order valence-electron chi connectivity index (χ4n) is 4.26. The van der Waals surface area contributed by atoms with Crippen LogP contribution in [-0.2, 0) is 4.79 Å². The minimum absolute atomic E-state index is 0.0377. The van der Waals surface area contributed by atoms with Gasteiger partial charge in [-0.05, 0) is 30.7 Å². The van der Waals surface area contributed by atoms with Crippen LogP contribution in [0.15, 0.2) is 52.7 Å². The highest BCUT2D eigenvalue weighted by molar-refractivity contribution is 5.75. The number of carbonyl (C=O) groups is 1. The monoisotopic (exact) mass is 525 g/mol. The second kappa shape index (κ2) is 18.9. The van der Waals surface area contributed by atoms with E-state index in [1.807, 2.05) is 0 Å². The molecule has 0 amide bonds. The van der Waals surface area contributed by atoms with Crippen molar-refractivity contribution in [3.05, 3.63) is 52.6 Å². The van der Waals surface area contributed by atoms with E-state index in [1.165, 1.54) is 107 Å². The normalized spacial score (nSPS) is 11.2. The summed E-state index contributed by atoms with van der Waals surface area (Å²) in [5.41, 5.74) is 0.351. The summed E-state index contributed by atoms with van der Waals surface area (Å²) in [5, 5.41) is 29.0. The first-order valence-corrected chi connectivity index (χ1v) is 14.2. The molecule has 0 heterocycles. The van der Waals surface area contributed by atoms with Crippen LogP contribution in [0.3, 0.4) is 0 Å². The van der Waals surface area contributed by atoms with Crippen molar-refractivity contribution in [1.82, 2.24) is 0 Å². The van der Waals surface area contributed by atoms with Gasteiger partial charge in [0, 0.05) is 18.6 Å². The highest BCUT2D eigenvalue weighted by atomic mass is 16.6. The number of nitro groups is 1. The minimum Gasteiger partial charge on any atom is -0.505 e. The third-order valence-corrected chi connectivity index (χ3v) is 6.51. The summed E-state index contributed by atoms with van der Waals surface area (Å²) in [4.78, 5) is 22.6. The number of rotatable bonds is 20. The highest BCUT2D eigenvalue weighted by Crippen LogP contribution is 2.38. The fourth-order valence-corrected chi connectivity index (χ4v) is 4.26. The number of carbonyl (C=O) groups excluding carboxylic acids is 1. The topological polar surface area (TPSA) is 114 Å². The molecule has 38 heavy (non-hydrogen) atoms. The second-order valence-electron chi connectivity index (χ2n) is 9.77. The first-order valence-electron chi connectivity index (χ1n) is 14.2. The number of esters is 1. The molecule has 0 radical (unpaired) electrons. The quantitative estimate of drug-likeness (QED) is 0.0461.